The molecule has 0 aliphatic carbocycles. The third kappa shape index (κ3) is 2.88. The van der Waals surface area contributed by atoms with Crippen molar-refractivity contribution in [1.29, 1.82) is 0 Å². The summed E-state index contributed by atoms with van der Waals surface area (Å²) < 4.78 is 19.6. The number of aromatic amines is 1. The third-order valence-electron chi connectivity index (χ3n) is 3.24. The fourth-order valence-corrected chi connectivity index (χ4v) is 2.19. The molecular weight excluding hydrogens is 261 g/mol. The van der Waals surface area contributed by atoms with Crippen molar-refractivity contribution in [3.8, 4) is 5.75 Å². The maximum absolute atomic E-state index is 14.1. The van der Waals surface area contributed by atoms with Crippen molar-refractivity contribution in [2.24, 2.45) is 0 Å². The number of hydrogen-bond acceptors (Lipinski definition) is 5. The molecule has 0 radical (unpaired) electrons. The molecule has 106 valence electrons. The van der Waals surface area contributed by atoms with Gasteiger partial charge in [0.25, 0.3) is 0 Å². The van der Waals surface area contributed by atoms with Crippen molar-refractivity contribution in [3.63, 3.8) is 0 Å². The fourth-order valence-electron chi connectivity index (χ4n) is 2.19. The predicted octanol–water partition coefficient (Wildman–Crippen LogP) is 0.932. The minimum Gasteiger partial charge on any atom is -0.487 e. The van der Waals surface area contributed by atoms with Crippen LogP contribution in [0.25, 0.3) is 0 Å². The number of ether oxygens (including phenoxy) is 1. The smallest absolute Gasteiger partial charge is 0.150 e. The first-order valence-corrected chi connectivity index (χ1v) is 6.56. The Labute approximate surface area is 115 Å². The van der Waals surface area contributed by atoms with Crippen LogP contribution in [0.15, 0.2) is 24.4 Å². The molecule has 6 nitrogen and oxygen atoms in total. The van der Waals surface area contributed by atoms with Crippen molar-refractivity contribution < 1.29 is 9.13 Å². The van der Waals surface area contributed by atoms with Crippen molar-refractivity contribution in [3.05, 3.63) is 35.9 Å². The zero-order valence-electron chi connectivity index (χ0n) is 11.0. The monoisotopic (exact) mass is 277 g/mol. The van der Waals surface area contributed by atoms with Gasteiger partial charge in [-0.25, -0.2) is 4.39 Å². The van der Waals surface area contributed by atoms with Gasteiger partial charge in [0.2, 0.25) is 0 Å². The Kier molecular flexibility index (Phi) is 3.78. The van der Waals surface area contributed by atoms with Gasteiger partial charge in [0.1, 0.15) is 18.2 Å². The van der Waals surface area contributed by atoms with Crippen molar-refractivity contribution >= 4 is 5.69 Å². The minimum atomic E-state index is -0.257. The second-order valence-corrected chi connectivity index (χ2v) is 4.62. The Morgan fingerprint density at radius 1 is 1.30 bits per heavy atom. The van der Waals surface area contributed by atoms with Gasteiger partial charge in [0.15, 0.2) is 0 Å². The Morgan fingerprint density at radius 2 is 2.15 bits per heavy atom. The quantitative estimate of drug-likeness (QED) is 0.870. The summed E-state index contributed by atoms with van der Waals surface area (Å²) in [5.74, 6) is 0.239. The maximum atomic E-state index is 14.1. The fraction of sp³-hybridized carbons (Fsp3) is 0.385. The molecule has 0 spiro atoms. The molecule has 0 bridgehead atoms. The second kappa shape index (κ2) is 5.87. The Balaban J connectivity index is 1.67. The van der Waals surface area contributed by atoms with Gasteiger partial charge in [0.05, 0.1) is 17.6 Å². The predicted molar refractivity (Wildman–Crippen MR) is 72.2 cm³/mol. The number of aromatic nitrogens is 3. The molecule has 0 atom stereocenters. The van der Waals surface area contributed by atoms with Crippen molar-refractivity contribution in [2.75, 3.05) is 31.1 Å². The van der Waals surface area contributed by atoms with E-state index < -0.39 is 0 Å². The summed E-state index contributed by atoms with van der Waals surface area (Å²) in [6, 6.07) is 4.96. The zero-order chi connectivity index (χ0) is 13.8. The van der Waals surface area contributed by atoms with E-state index in [1.54, 1.807) is 18.3 Å². The van der Waals surface area contributed by atoms with Gasteiger partial charge in [-0.2, -0.15) is 0 Å². The van der Waals surface area contributed by atoms with E-state index in [-0.39, 0.29) is 5.82 Å². The average Bonchev–Trinajstić information content (AvgIpc) is 2.99. The van der Waals surface area contributed by atoms with Gasteiger partial charge >= 0.3 is 0 Å². The van der Waals surface area contributed by atoms with E-state index >= 15 is 0 Å². The second-order valence-electron chi connectivity index (χ2n) is 4.62. The number of rotatable bonds is 4. The SMILES string of the molecule is Fc1cc(OCc2cnn[nH]2)ccc1N1CCNCC1. The number of hydrogen-bond donors (Lipinski definition) is 2. The summed E-state index contributed by atoms with van der Waals surface area (Å²) >= 11 is 0. The highest BCUT2D eigenvalue weighted by molar-refractivity contribution is 5.51. The van der Waals surface area contributed by atoms with Crippen LogP contribution in [0.5, 0.6) is 5.75 Å². The van der Waals surface area contributed by atoms with E-state index in [0.29, 0.717) is 18.0 Å². The molecule has 1 saturated heterocycles. The number of H-pyrrole nitrogens is 1. The number of benzene rings is 1. The van der Waals surface area contributed by atoms with E-state index in [4.69, 9.17) is 4.74 Å². The topological polar surface area (TPSA) is 66.1 Å². The molecule has 1 fully saturated rings. The van der Waals surface area contributed by atoms with E-state index in [0.717, 1.165) is 31.9 Å². The van der Waals surface area contributed by atoms with Crippen LogP contribution in [0.3, 0.4) is 0 Å². The van der Waals surface area contributed by atoms with Crippen LogP contribution >= 0.6 is 0 Å². The van der Waals surface area contributed by atoms with Crippen LogP contribution in [0.4, 0.5) is 10.1 Å². The molecule has 7 heteroatoms. The number of anilines is 1. The highest BCUT2D eigenvalue weighted by Gasteiger charge is 2.15. The molecule has 0 unspecified atom stereocenters. The van der Waals surface area contributed by atoms with E-state index in [9.17, 15) is 4.39 Å². The first-order chi connectivity index (χ1) is 9.83. The van der Waals surface area contributed by atoms with Gasteiger partial charge in [-0.05, 0) is 12.1 Å². The summed E-state index contributed by atoms with van der Waals surface area (Å²) in [5.41, 5.74) is 1.37. The van der Waals surface area contributed by atoms with Crippen molar-refractivity contribution in [2.45, 2.75) is 6.61 Å². The number of halogens is 1. The first-order valence-electron chi connectivity index (χ1n) is 6.56. The standard InChI is InChI=1S/C13H16FN5O/c14-12-7-11(20-9-10-8-16-18-17-10)1-2-13(12)19-5-3-15-4-6-19/h1-2,7-8,15H,3-6,9H2,(H,16,17,18). The number of nitrogens with one attached hydrogen (secondary N) is 2. The van der Waals surface area contributed by atoms with Crippen molar-refractivity contribution in [1.82, 2.24) is 20.7 Å². The van der Waals surface area contributed by atoms with Gasteiger partial charge in [0, 0.05) is 32.2 Å². The molecule has 2 aromatic rings. The molecule has 0 amide bonds. The van der Waals surface area contributed by atoms with Gasteiger partial charge in [-0.3, -0.25) is 5.10 Å². The lowest BCUT2D eigenvalue weighted by atomic mass is 10.2. The van der Waals surface area contributed by atoms with E-state index in [1.165, 1.54) is 6.07 Å². The zero-order valence-corrected chi connectivity index (χ0v) is 11.0. The third-order valence-corrected chi connectivity index (χ3v) is 3.24. The van der Waals surface area contributed by atoms with Crippen LogP contribution in [0.2, 0.25) is 0 Å². The summed E-state index contributed by atoms with van der Waals surface area (Å²) in [5, 5.41) is 13.2. The van der Waals surface area contributed by atoms with Crippen LogP contribution in [-0.4, -0.2) is 41.6 Å². The molecular formula is C13H16FN5O. The molecule has 2 N–H and O–H groups in total. The Bertz CT molecular complexity index is 554. The molecule has 1 aliphatic heterocycles. The summed E-state index contributed by atoms with van der Waals surface area (Å²) in [4.78, 5) is 2.04. The average molecular weight is 277 g/mol. The normalized spacial score (nSPS) is 15.3. The lowest BCUT2D eigenvalue weighted by Gasteiger charge is -2.29. The highest BCUT2D eigenvalue weighted by atomic mass is 19.1. The number of nitrogens with zero attached hydrogens (tertiary/aromatic N) is 3. The summed E-state index contributed by atoms with van der Waals surface area (Å²) in [6.45, 7) is 3.68. The van der Waals surface area contributed by atoms with Crippen LogP contribution in [0, 0.1) is 5.82 Å². The molecule has 2 heterocycles. The van der Waals surface area contributed by atoms with Crippen LogP contribution in [-0.2, 0) is 6.61 Å². The van der Waals surface area contributed by atoms with Crippen LogP contribution in [0.1, 0.15) is 5.69 Å². The molecule has 1 aromatic carbocycles. The molecule has 1 aliphatic rings. The Morgan fingerprint density at radius 3 is 2.85 bits per heavy atom. The summed E-state index contributed by atoms with van der Waals surface area (Å²) in [7, 11) is 0. The van der Waals surface area contributed by atoms with E-state index in [2.05, 4.69) is 20.7 Å². The lowest BCUT2D eigenvalue weighted by Crippen LogP contribution is -2.43. The summed E-state index contributed by atoms with van der Waals surface area (Å²) in [6.07, 6.45) is 1.57. The van der Waals surface area contributed by atoms with Gasteiger partial charge in [-0.1, -0.05) is 5.21 Å². The maximum Gasteiger partial charge on any atom is 0.150 e. The van der Waals surface area contributed by atoms with Gasteiger partial charge < -0.3 is 15.0 Å². The lowest BCUT2D eigenvalue weighted by molar-refractivity contribution is 0.299. The first kappa shape index (κ1) is 12.9. The van der Waals surface area contributed by atoms with Gasteiger partial charge in [-0.15, -0.1) is 5.10 Å². The molecule has 20 heavy (non-hydrogen) atoms. The molecule has 1 aromatic heterocycles. The highest BCUT2D eigenvalue weighted by Crippen LogP contribution is 2.24. The minimum absolute atomic E-state index is 0.257. The molecule has 0 saturated carbocycles. The van der Waals surface area contributed by atoms with E-state index in [1.807, 2.05) is 4.90 Å². The van der Waals surface area contributed by atoms with Crippen LogP contribution < -0.4 is 15.0 Å². The number of piperazine rings is 1. The molecule has 3 rings (SSSR count). The largest absolute Gasteiger partial charge is 0.487 e. The Hall–Kier alpha value is -2.15.